The predicted molar refractivity (Wildman–Crippen MR) is 78.1 cm³/mol. The molecule has 2 aromatic heterocycles. The molecule has 2 heterocycles. The number of carbonyl (C=O) groups excluding carboxylic acids is 1. The molecule has 0 aliphatic rings. The number of fused-ring (bicyclic) bond motifs is 1. The highest BCUT2D eigenvalue weighted by Crippen LogP contribution is 2.22. The molecule has 1 amide bonds. The minimum Gasteiger partial charge on any atom is -0.440 e. The molecule has 6 heteroatoms. The van der Waals surface area contributed by atoms with E-state index in [0.29, 0.717) is 17.2 Å². The second-order valence-corrected chi connectivity index (χ2v) is 4.14. The van der Waals surface area contributed by atoms with Crippen molar-refractivity contribution in [3.8, 4) is 0 Å². The van der Waals surface area contributed by atoms with Gasteiger partial charge < -0.3 is 4.42 Å². The first-order chi connectivity index (χ1) is 10.3. The van der Waals surface area contributed by atoms with Crippen LogP contribution in [0, 0.1) is 0 Å². The third-order valence-corrected chi connectivity index (χ3v) is 2.66. The number of carbonyl (C=O) groups is 1. The fourth-order valence-corrected chi connectivity index (χ4v) is 1.75. The number of hydrogen-bond acceptors (Lipinski definition) is 5. The summed E-state index contributed by atoms with van der Waals surface area (Å²) in [6.45, 7) is 0. The average Bonchev–Trinajstić information content (AvgIpc) is 2.90. The lowest BCUT2D eigenvalue weighted by Crippen LogP contribution is -2.10. The number of anilines is 1. The van der Waals surface area contributed by atoms with Crippen LogP contribution in [0.15, 0.2) is 64.3 Å². The first-order valence-corrected chi connectivity index (χ1v) is 6.22. The van der Waals surface area contributed by atoms with Gasteiger partial charge in [-0.15, -0.1) is 0 Å². The number of para-hydroxylation sites is 1. The van der Waals surface area contributed by atoms with Crippen LogP contribution in [0.5, 0.6) is 0 Å². The van der Waals surface area contributed by atoms with Crippen LogP contribution in [0.25, 0.3) is 11.0 Å². The molecule has 0 saturated heterocycles. The lowest BCUT2D eigenvalue weighted by atomic mass is 10.3. The maximum atomic E-state index is 11.6. The van der Waals surface area contributed by atoms with Gasteiger partial charge in [-0.2, -0.15) is 0 Å². The number of pyridine rings is 1. The molecular weight excluding hydrogens is 270 g/mol. The zero-order valence-corrected chi connectivity index (χ0v) is 10.9. The van der Waals surface area contributed by atoms with E-state index in [1.54, 1.807) is 24.4 Å². The van der Waals surface area contributed by atoms with Crippen molar-refractivity contribution < 1.29 is 14.0 Å². The first kappa shape index (κ1) is 12.9. The van der Waals surface area contributed by atoms with Crippen LogP contribution in [0.2, 0.25) is 0 Å². The van der Waals surface area contributed by atoms with Crippen LogP contribution in [-0.2, 0) is 4.84 Å². The summed E-state index contributed by atoms with van der Waals surface area (Å²) in [4.78, 5) is 20.2. The van der Waals surface area contributed by atoms with Crippen molar-refractivity contribution >= 4 is 29.2 Å². The SMILES string of the molecule is O=C(Nc1cc2ccccc2o1)O/N=C/c1ccccn1. The molecule has 0 aliphatic carbocycles. The Morgan fingerprint density at radius 2 is 2.10 bits per heavy atom. The Morgan fingerprint density at radius 3 is 2.90 bits per heavy atom. The zero-order chi connectivity index (χ0) is 14.5. The molecule has 1 aromatic carbocycles. The summed E-state index contributed by atoms with van der Waals surface area (Å²) in [6, 6.07) is 14.5. The van der Waals surface area contributed by atoms with E-state index in [1.165, 1.54) is 6.21 Å². The molecule has 0 atom stereocenters. The van der Waals surface area contributed by atoms with E-state index in [4.69, 9.17) is 4.42 Å². The number of hydrogen-bond donors (Lipinski definition) is 1. The quantitative estimate of drug-likeness (QED) is 0.453. The van der Waals surface area contributed by atoms with E-state index < -0.39 is 6.09 Å². The summed E-state index contributed by atoms with van der Waals surface area (Å²) in [5, 5.41) is 6.90. The van der Waals surface area contributed by atoms with Crippen LogP contribution in [-0.4, -0.2) is 17.3 Å². The molecule has 0 fully saturated rings. The second-order valence-electron chi connectivity index (χ2n) is 4.14. The number of amides is 1. The van der Waals surface area contributed by atoms with E-state index in [9.17, 15) is 4.79 Å². The number of nitrogens with zero attached hydrogens (tertiary/aromatic N) is 2. The lowest BCUT2D eigenvalue weighted by molar-refractivity contribution is 0.166. The van der Waals surface area contributed by atoms with E-state index >= 15 is 0 Å². The molecule has 0 saturated carbocycles. The largest absolute Gasteiger partial charge is 0.440 e. The van der Waals surface area contributed by atoms with E-state index in [1.807, 2.05) is 30.3 Å². The fraction of sp³-hybridized carbons (Fsp3) is 0. The minimum absolute atomic E-state index is 0.300. The highest BCUT2D eigenvalue weighted by atomic mass is 16.7. The smallest absolute Gasteiger partial charge is 0.440 e. The molecule has 3 rings (SSSR count). The van der Waals surface area contributed by atoms with Gasteiger partial charge >= 0.3 is 6.09 Å². The first-order valence-electron chi connectivity index (χ1n) is 6.22. The molecular formula is C15H11N3O3. The Kier molecular flexibility index (Phi) is 3.60. The summed E-state index contributed by atoms with van der Waals surface area (Å²) >= 11 is 0. The van der Waals surface area contributed by atoms with Crippen molar-refractivity contribution in [1.29, 1.82) is 0 Å². The minimum atomic E-state index is -0.735. The summed E-state index contributed by atoms with van der Waals surface area (Å²) in [7, 11) is 0. The Hall–Kier alpha value is -3.15. The number of nitrogens with one attached hydrogen (secondary N) is 1. The maximum absolute atomic E-state index is 11.6. The number of aromatic nitrogens is 1. The Labute approximate surface area is 120 Å². The van der Waals surface area contributed by atoms with Crippen LogP contribution in [0.1, 0.15) is 5.69 Å². The van der Waals surface area contributed by atoms with Gasteiger partial charge in [-0.1, -0.05) is 29.4 Å². The molecule has 0 bridgehead atoms. The number of oxime groups is 1. The van der Waals surface area contributed by atoms with Gasteiger partial charge in [0, 0.05) is 17.6 Å². The molecule has 0 radical (unpaired) electrons. The standard InChI is InChI=1S/C15H11N3O3/c19-15(21-17-10-12-6-3-4-8-16-12)18-14-9-11-5-1-2-7-13(11)20-14/h1-10H,(H,18,19)/b17-10+. The van der Waals surface area contributed by atoms with E-state index in [0.717, 1.165) is 5.39 Å². The fourth-order valence-electron chi connectivity index (χ4n) is 1.75. The predicted octanol–water partition coefficient (Wildman–Crippen LogP) is 3.41. The molecule has 3 aromatic rings. The molecule has 0 unspecified atom stereocenters. The van der Waals surface area contributed by atoms with Gasteiger partial charge in [0.15, 0.2) is 0 Å². The zero-order valence-electron chi connectivity index (χ0n) is 10.9. The third-order valence-electron chi connectivity index (χ3n) is 2.66. The van der Waals surface area contributed by atoms with Crippen molar-refractivity contribution in [2.45, 2.75) is 0 Å². The number of rotatable bonds is 3. The topological polar surface area (TPSA) is 76.7 Å². The van der Waals surface area contributed by atoms with Crippen molar-refractivity contribution in [3.63, 3.8) is 0 Å². The van der Waals surface area contributed by atoms with Crippen LogP contribution >= 0.6 is 0 Å². The van der Waals surface area contributed by atoms with Crippen molar-refractivity contribution in [1.82, 2.24) is 4.98 Å². The van der Waals surface area contributed by atoms with Gasteiger partial charge in [-0.3, -0.25) is 15.1 Å². The summed E-state index contributed by atoms with van der Waals surface area (Å²) in [5.41, 5.74) is 1.28. The Bertz CT molecular complexity index is 748. The van der Waals surface area contributed by atoms with Gasteiger partial charge in [-0.25, -0.2) is 4.79 Å². The van der Waals surface area contributed by atoms with Crippen LogP contribution < -0.4 is 5.32 Å². The average molecular weight is 281 g/mol. The van der Waals surface area contributed by atoms with Crippen LogP contribution in [0.3, 0.4) is 0 Å². The number of benzene rings is 1. The molecule has 1 N–H and O–H groups in total. The van der Waals surface area contributed by atoms with Gasteiger partial charge in [-0.05, 0) is 18.2 Å². The molecule has 104 valence electrons. The van der Waals surface area contributed by atoms with Gasteiger partial charge in [0.2, 0.25) is 5.88 Å². The number of furan rings is 1. The van der Waals surface area contributed by atoms with E-state index in [-0.39, 0.29) is 0 Å². The maximum Gasteiger partial charge on any atom is 0.440 e. The molecule has 0 spiro atoms. The molecule has 6 nitrogen and oxygen atoms in total. The van der Waals surface area contributed by atoms with Gasteiger partial charge in [0.25, 0.3) is 0 Å². The van der Waals surface area contributed by atoms with Gasteiger partial charge in [0.1, 0.15) is 5.58 Å². The summed E-state index contributed by atoms with van der Waals surface area (Å²) in [5.74, 6) is 0.300. The molecule has 21 heavy (non-hydrogen) atoms. The summed E-state index contributed by atoms with van der Waals surface area (Å²) < 4.78 is 5.43. The monoisotopic (exact) mass is 281 g/mol. The Balaban J connectivity index is 1.60. The third kappa shape index (κ3) is 3.24. The van der Waals surface area contributed by atoms with Crippen molar-refractivity contribution in [3.05, 3.63) is 60.4 Å². The summed E-state index contributed by atoms with van der Waals surface area (Å²) in [6.07, 6.45) is 2.23. The Morgan fingerprint density at radius 1 is 1.24 bits per heavy atom. The van der Waals surface area contributed by atoms with Crippen molar-refractivity contribution in [2.75, 3.05) is 5.32 Å². The van der Waals surface area contributed by atoms with Gasteiger partial charge in [0.05, 0.1) is 11.9 Å². The van der Waals surface area contributed by atoms with E-state index in [2.05, 4.69) is 20.3 Å². The van der Waals surface area contributed by atoms with Crippen LogP contribution in [0.4, 0.5) is 10.7 Å². The second kappa shape index (κ2) is 5.87. The molecule has 0 aliphatic heterocycles. The normalized spacial score (nSPS) is 10.9. The highest BCUT2D eigenvalue weighted by molar-refractivity contribution is 5.88. The van der Waals surface area contributed by atoms with Crippen molar-refractivity contribution in [2.24, 2.45) is 5.16 Å². The lowest BCUT2D eigenvalue weighted by Gasteiger charge is -1.97. The highest BCUT2D eigenvalue weighted by Gasteiger charge is 2.07.